The molecule has 1 heterocycles. The maximum atomic E-state index is 13.9. The third kappa shape index (κ3) is 3.64. The normalized spacial score (nSPS) is 10.9. The van der Waals surface area contributed by atoms with Gasteiger partial charge in [-0.1, -0.05) is 64.1 Å². The van der Waals surface area contributed by atoms with Gasteiger partial charge in [-0.05, 0) is 24.6 Å². The summed E-state index contributed by atoms with van der Waals surface area (Å²) in [6.45, 7) is 2.82. The summed E-state index contributed by atoms with van der Waals surface area (Å²) in [4.78, 5) is 0. The van der Waals surface area contributed by atoms with E-state index in [4.69, 9.17) is 0 Å². The summed E-state index contributed by atoms with van der Waals surface area (Å²) in [7, 11) is 0. The second-order valence-electron chi connectivity index (χ2n) is 4.94. The number of aromatic nitrogens is 3. The minimum absolute atomic E-state index is 0.210. The van der Waals surface area contributed by atoms with Gasteiger partial charge in [0.1, 0.15) is 5.82 Å². The van der Waals surface area contributed by atoms with E-state index in [1.54, 1.807) is 6.07 Å². The third-order valence-electron chi connectivity index (χ3n) is 3.44. The molecule has 2 aromatic carbocycles. The van der Waals surface area contributed by atoms with Crippen molar-refractivity contribution in [3.05, 3.63) is 64.4 Å². The summed E-state index contributed by atoms with van der Waals surface area (Å²) >= 11 is 4.77. The van der Waals surface area contributed by atoms with Gasteiger partial charge in [0.25, 0.3) is 0 Å². The van der Waals surface area contributed by atoms with Crippen molar-refractivity contribution in [3.63, 3.8) is 0 Å². The summed E-state index contributed by atoms with van der Waals surface area (Å²) in [6.07, 6.45) is 0. The van der Waals surface area contributed by atoms with Crippen LogP contribution in [-0.2, 0) is 12.3 Å². The minimum Gasteiger partial charge on any atom is -0.302 e. The van der Waals surface area contributed by atoms with Crippen LogP contribution >= 0.6 is 27.7 Å². The molecule has 0 aliphatic heterocycles. The van der Waals surface area contributed by atoms with Gasteiger partial charge >= 0.3 is 0 Å². The number of nitrogens with zero attached hydrogens (tertiary/aromatic N) is 3. The fourth-order valence-electron chi connectivity index (χ4n) is 2.26. The van der Waals surface area contributed by atoms with E-state index in [1.165, 1.54) is 17.8 Å². The zero-order valence-corrected chi connectivity index (χ0v) is 14.9. The zero-order valence-electron chi connectivity index (χ0n) is 12.5. The van der Waals surface area contributed by atoms with Crippen LogP contribution in [0, 0.1) is 5.82 Å². The fourth-order valence-corrected chi connectivity index (χ4v) is 3.58. The molecule has 0 saturated heterocycles. The van der Waals surface area contributed by atoms with Crippen LogP contribution in [0.4, 0.5) is 4.39 Å². The van der Waals surface area contributed by atoms with Gasteiger partial charge in [0.2, 0.25) is 0 Å². The van der Waals surface area contributed by atoms with Gasteiger partial charge in [0.15, 0.2) is 11.0 Å². The first kappa shape index (κ1) is 16.2. The molecule has 0 N–H and O–H groups in total. The summed E-state index contributed by atoms with van der Waals surface area (Å²) in [5.41, 5.74) is 1.69. The molecule has 0 saturated carbocycles. The van der Waals surface area contributed by atoms with E-state index >= 15 is 0 Å². The molecule has 0 amide bonds. The van der Waals surface area contributed by atoms with E-state index in [-0.39, 0.29) is 5.82 Å². The van der Waals surface area contributed by atoms with Crippen molar-refractivity contribution in [2.45, 2.75) is 24.4 Å². The van der Waals surface area contributed by atoms with E-state index in [0.29, 0.717) is 11.3 Å². The second-order valence-corrected chi connectivity index (χ2v) is 6.80. The van der Waals surface area contributed by atoms with Crippen molar-refractivity contribution in [1.29, 1.82) is 0 Å². The molecular formula is C17H15BrFN3S. The lowest BCUT2D eigenvalue weighted by Gasteiger charge is -2.08. The van der Waals surface area contributed by atoms with E-state index in [2.05, 4.69) is 37.6 Å². The third-order valence-corrected chi connectivity index (χ3v) is 4.95. The highest BCUT2D eigenvalue weighted by Gasteiger charge is 2.13. The van der Waals surface area contributed by atoms with E-state index in [1.807, 2.05) is 36.4 Å². The summed E-state index contributed by atoms with van der Waals surface area (Å²) in [6, 6.07) is 15.1. The lowest BCUT2D eigenvalue weighted by atomic mass is 10.2. The molecule has 6 heteroatoms. The molecule has 118 valence electrons. The van der Waals surface area contributed by atoms with Crippen molar-refractivity contribution < 1.29 is 4.39 Å². The van der Waals surface area contributed by atoms with Gasteiger partial charge in [-0.15, -0.1) is 10.2 Å². The standard InChI is InChI=1S/C17H15BrFN3S/c1-2-22-16(12-6-4-3-5-7-12)20-21-17(22)23-11-13-8-9-14(18)10-15(13)19/h3-10H,2,11H2,1H3. The number of rotatable bonds is 5. The van der Waals surface area contributed by atoms with Crippen molar-refractivity contribution in [1.82, 2.24) is 14.8 Å². The molecule has 0 bridgehead atoms. The first-order valence-corrected chi connectivity index (χ1v) is 9.02. The zero-order chi connectivity index (χ0) is 16.2. The molecule has 1 aromatic heterocycles. The molecule has 0 aliphatic carbocycles. The first-order valence-electron chi connectivity index (χ1n) is 7.24. The maximum absolute atomic E-state index is 13.9. The Bertz CT molecular complexity index is 805. The average molecular weight is 392 g/mol. The first-order chi connectivity index (χ1) is 11.2. The van der Waals surface area contributed by atoms with Gasteiger partial charge < -0.3 is 4.57 Å². The molecule has 0 spiro atoms. The van der Waals surface area contributed by atoms with Crippen LogP contribution < -0.4 is 0 Å². The Morgan fingerprint density at radius 1 is 1.13 bits per heavy atom. The maximum Gasteiger partial charge on any atom is 0.191 e. The summed E-state index contributed by atoms with van der Waals surface area (Å²) in [5, 5.41) is 9.37. The van der Waals surface area contributed by atoms with E-state index < -0.39 is 0 Å². The Hall–Kier alpha value is -1.66. The summed E-state index contributed by atoms with van der Waals surface area (Å²) < 4.78 is 16.7. The van der Waals surface area contributed by atoms with Gasteiger partial charge in [-0.3, -0.25) is 0 Å². The molecule has 0 unspecified atom stereocenters. The largest absolute Gasteiger partial charge is 0.302 e. The van der Waals surface area contributed by atoms with Crippen LogP contribution in [0.3, 0.4) is 0 Å². The van der Waals surface area contributed by atoms with Gasteiger partial charge in [-0.2, -0.15) is 0 Å². The van der Waals surface area contributed by atoms with Gasteiger partial charge in [0, 0.05) is 22.3 Å². The van der Waals surface area contributed by atoms with Gasteiger partial charge in [-0.25, -0.2) is 4.39 Å². The summed E-state index contributed by atoms with van der Waals surface area (Å²) in [5.74, 6) is 1.15. The van der Waals surface area contributed by atoms with Crippen molar-refractivity contribution in [2.75, 3.05) is 0 Å². The van der Waals surface area contributed by atoms with Crippen LogP contribution in [0.15, 0.2) is 58.2 Å². The lowest BCUT2D eigenvalue weighted by molar-refractivity contribution is 0.616. The average Bonchev–Trinajstić information content (AvgIpc) is 2.98. The SMILES string of the molecule is CCn1c(SCc2ccc(Br)cc2F)nnc1-c1ccccc1. The quantitative estimate of drug-likeness (QED) is 0.562. The smallest absolute Gasteiger partial charge is 0.191 e. The van der Waals surface area contributed by atoms with Crippen molar-refractivity contribution >= 4 is 27.7 Å². The van der Waals surface area contributed by atoms with Crippen LogP contribution in [0.2, 0.25) is 0 Å². The lowest BCUT2D eigenvalue weighted by Crippen LogP contribution is -2.00. The van der Waals surface area contributed by atoms with Crippen molar-refractivity contribution in [2.24, 2.45) is 0 Å². The fraction of sp³-hybridized carbons (Fsp3) is 0.176. The van der Waals surface area contributed by atoms with Gasteiger partial charge in [0.05, 0.1) is 0 Å². The molecule has 3 aromatic rings. The Kier molecular flexibility index (Phi) is 5.13. The number of halogens is 2. The van der Waals surface area contributed by atoms with E-state index in [0.717, 1.165) is 27.6 Å². The van der Waals surface area contributed by atoms with E-state index in [9.17, 15) is 4.39 Å². The molecule has 0 radical (unpaired) electrons. The Morgan fingerprint density at radius 2 is 1.91 bits per heavy atom. The molecule has 0 atom stereocenters. The number of hydrogen-bond donors (Lipinski definition) is 0. The highest BCUT2D eigenvalue weighted by molar-refractivity contribution is 9.10. The molecule has 3 rings (SSSR count). The number of thioether (sulfide) groups is 1. The predicted molar refractivity (Wildman–Crippen MR) is 94.8 cm³/mol. The number of benzene rings is 2. The van der Waals surface area contributed by atoms with Crippen molar-refractivity contribution in [3.8, 4) is 11.4 Å². The molecule has 23 heavy (non-hydrogen) atoms. The highest BCUT2D eigenvalue weighted by atomic mass is 79.9. The monoisotopic (exact) mass is 391 g/mol. The molecule has 3 nitrogen and oxygen atoms in total. The highest BCUT2D eigenvalue weighted by Crippen LogP contribution is 2.27. The van der Waals surface area contributed by atoms with Crippen LogP contribution in [0.5, 0.6) is 0 Å². The Morgan fingerprint density at radius 3 is 2.61 bits per heavy atom. The topological polar surface area (TPSA) is 30.7 Å². The Labute approximate surface area is 147 Å². The molecular weight excluding hydrogens is 377 g/mol. The van der Waals surface area contributed by atoms with Crippen LogP contribution in [0.1, 0.15) is 12.5 Å². The van der Waals surface area contributed by atoms with Crippen LogP contribution in [0.25, 0.3) is 11.4 Å². The molecule has 0 fully saturated rings. The molecule has 0 aliphatic rings. The minimum atomic E-state index is -0.210. The second kappa shape index (κ2) is 7.27. The van der Waals surface area contributed by atoms with Crippen LogP contribution in [-0.4, -0.2) is 14.8 Å². The predicted octanol–water partition coefficient (Wildman–Crippen LogP) is 5.16. The number of hydrogen-bond acceptors (Lipinski definition) is 3. The Balaban J connectivity index is 1.82.